The van der Waals surface area contributed by atoms with E-state index in [1.165, 1.54) is 0 Å². The topological polar surface area (TPSA) is 46.2 Å². The van der Waals surface area contributed by atoms with E-state index < -0.39 is 0 Å². The molecule has 3 N–H and O–H groups in total. The fourth-order valence-corrected chi connectivity index (χ4v) is 0.990. The molecule has 0 bridgehead atoms. The van der Waals surface area contributed by atoms with Gasteiger partial charge in [-0.1, -0.05) is 23.7 Å². The molecular weight excluding hydrogens is 137 g/mol. The fourth-order valence-electron chi connectivity index (χ4n) is 0.990. The third-order valence-electron chi connectivity index (χ3n) is 1.62. The van der Waals surface area contributed by atoms with Crippen LogP contribution in [0.4, 0.5) is 0 Å². The van der Waals surface area contributed by atoms with Crippen LogP contribution < -0.4 is 11.2 Å². The van der Waals surface area contributed by atoms with E-state index in [0.717, 1.165) is 11.1 Å². The molecule has 3 heteroatoms. The number of aliphatic hydroxyl groups is 1. The van der Waals surface area contributed by atoms with Crippen molar-refractivity contribution in [2.75, 3.05) is 0 Å². The highest BCUT2D eigenvalue weighted by atomic mass is 16.3. The largest absolute Gasteiger partial charge is 0.392 e. The van der Waals surface area contributed by atoms with E-state index in [1.807, 2.05) is 0 Å². The smallest absolute Gasteiger partial charge is 0.113 e. The van der Waals surface area contributed by atoms with Crippen LogP contribution in [0.25, 0.3) is 0 Å². The summed E-state index contributed by atoms with van der Waals surface area (Å²) in [5, 5.41) is 8.84. The van der Waals surface area contributed by atoms with Crippen LogP contribution in [0.2, 0.25) is 0 Å². The molecule has 0 unspecified atom stereocenters. The Bertz CT molecular complexity index is 250. The molecule has 1 rings (SSSR count). The Labute approximate surface area is 67.4 Å². The second-order valence-electron chi connectivity index (χ2n) is 2.39. The highest BCUT2D eigenvalue weighted by molar-refractivity contribution is 6.32. The average molecular weight is 147 g/mol. The number of aliphatic hydroxyl groups excluding tert-OH is 1. The van der Waals surface area contributed by atoms with Crippen LogP contribution in [0.15, 0.2) is 18.2 Å². The summed E-state index contributed by atoms with van der Waals surface area (Å²) in [6.45, 7) is 0.438. The molecule has 0 aromatic heterocycles. The molecular formula is C8H10BNO. The summed E-state index contributed by atoms with van der Waals surface area (Å²) in [6.07, 6.45) is 0. The standard InChI is InChI=1S/C8H10BNO/c9-8-2-1-6(5-11)7(3-8)4-10/h1-3,11H,4-5,10H2. The van der Waals surface area contributed by atoms with Gasteiger partial charge in [0.1, 0.15) is 7.85 Å². The molecule has 1 aromatic rings. The molecule has 0 spiro atoms. The van der Waals surface area contributed by atoms with Gasteiger partial charge in [0.15, 0.2) is 0 Å². The van der Waals surface area contributed by atoms with Crippen LogP contribution in [0.3, 0.4) is 0 Å². The monoisotopic (exact) mass is 147 g/mol. The molecule has 0 saturated heterocycles. The van der Waals surface area contributed by atoms with E-state index in [2.05, 4.69) is 0 Å². The van der Waals surface area contributed by atoms with E-state index in [1.54, 1.807) is 18.2 Å². The molecule has 1 aromatic carbocycles. The minimum Gasteiger partial charge on any atom is -0.392 e. The van der Waals surface area contributed by atoms with Crippen molar-refractivity contribution in [3.8, 4) is 0 Å². The van der Waals surface area contributed by atoms with Crippen LogP contribution in [-0.4, -0.2) is 13.0 Å². The maximum Gasteiger partial charge on any atom is 0.113 e. The summed E-state index contributed by atoms with van der Waals surface area (Å²) in [6, 6.07) is 5.33. The Morgan fingerprint density at radius 1 is 1.36 bits per heavy atom. The predicted molar refractivity (Wildman–Crippen MR) is 45.6 cm³/mol. The number of hydrogen-bond donors (Lipinski definition) is 2. The second-order valence-corrected chi connectivity index (χ2v) is 2.39. The maximum absolute atomic E-state index is 8.84. The van der Waals surface area contributed by atoms with Gasteiger partial charge in [0.05, 0.1) is 6.61 Å². The highest BCUT2D eigenvalue weighted by Crippen LogP contribution is 2.05. The van der Waals surface area contributed by atoms with Gasteiger partial charge in [0.2, 0.25) is 0 Å². The van der Waals surface area contributed by atoms with Crippen LogP contribution in [-0.2, 0) is 13.2 Å². The summed E-state index contributed by atoms with van der Waals surface area (Å²) in [4.78, 5) is 0. The lowest BCUT2D eigenvalue weighted by molar-refractivity contribution is 0.280. The van der Waals surface area contributed by atoms with Crippen LogP contribution >= 0.6 is 0 Å². The van der Waals surface area contributed by atoms with E-state index in [-0.39, 0.29) is 6.61 Å². The van der Waals surface area contributed by atoms with Crippen LogP contribution in [0.5, 0.6) is 0 Å². The predicted octanol–water partition coefficient (Wildman–Crippen LogP) is -0.569. The zero-order valence-corrected chi connectivity index (χ0v) is 6.25. The van der Waals surface area contributed by atoms with Gasteiger partial charge in [-0.2, -0.15) is 0 Å². The van der Waals surface area contributed by atoms with Gasteiger partial charge in [-0.3, -0.25) is 0 Å². The zero-order chi connectivity index (χ0) is 8.27. The average Bonchev–Trinajstić information content (AvgIpc) is 2.04. The molecule has 0 amide bonds. The molecule has 0 aliphatic heterocycles. The normalized spacial score (nSPS) is 10.0. The van der Waals surface area contributed by atoms with E-state index in [4.69, 9.17) is 18.7 Å². The van der Waals surface area contributed by atoms with E-state index >= 15 is 0 Å². The third kappa shape index (κ3) is 1.82. The molecule has 56 valence electrons. The molecule has 0 aliphatic carbocycles. The first kappa shape index (κ1) is 8.30. The van der Waals surface area contributed by atoms with Crippen molar-refractivity contribution in [2.45, 2.75) is 13.2 Å². The van der Waals surface area contributed by atoms with E-state index in [9.17, 15) is 0 Å². The molecule has 11 heavy (non-hydrogen) atoms. The van der Waals surface area contributed by atoms with Crippen molar-refractivity contribution in [3.63, 3.8) is 0 Å². The lowest BCUT2D eigenvalue weighted by atomic mass is 9.92. The lowest BCUT2D eigenvalue weighted by Gasteiger charge is -2.05. The Morgan fingerprint density at radius 2 is 2.09 bits per heavy atom. The third-order valence-corrected chi connectivity index (χ3v) is 1.62. The quantitative estimate of drug-likeness (QED) is 0.550. The van der Waals surface area contributed by atoms with Gasteiger partial charge in [0.25, 0.3) is 0 Å². The number of benzene rings is 1. The minimum atomic E-state index is 0.0206. The fraction of sp³-hybridized carbons (Fsp3) is 0.250. The van der Waals surface area contributed by atoms with Crippen LogP contribution in [0.1, 0.15) is 11.1 Å². The number of rotatable bonds is 2. The number of hydrogen-bond acceptors (Lipinski definition) is 2. The first-order chi connectivity index (χ1) is 5.27. The summed E-state index contributed by atoms with van der Waals surface area (Å²) in [5.74, 6) is 0. The molecule has 0 fully saturated rings. The molecule has 0 heterocycles. The Balaban J connectivity index is 3.06. The van der Waals surface area contributed by atoms with Crippen molar-refractivity contribution < 1.29 is 5.11 Å². The highest BCUT2D eigenvalue weighted by Gasteiger charge is 1.97. The van der Waals surface area contributed by atoms with Gasteiger partial charge in [0, 0.05) is 6.54 Å². The Morgan fingerprint density at radius 3 is 2.64 bits per heavy atom. The molecule has 0 aliphatic rings. The number of nitrogens with two attached hydrogens (primary N) is 1. The van der Waals surface area contributed by atoms with Crippen molar-refractivity contribution in [1.82, 2.24) is 0 Å². The first-order valence-electron chi connectivity index (χ1n) is 3.46. The van der Waals surface area contributed by atoms with Gasteiger partial charge in [-0.25, -0.2) is 0 Å². The summed E-state index contributed by atoms with van der Waals surface area (Å²) < 4.78 is 0. The zero-order valence-electron chi connectivity index (χ0n) is 6.25. The van der Waals surface area contributed by atoms with Gasteiger partial charge in [-0.05, 0) is 11.1 Å². The van der Waals surface area contributed by atoms with E-state index in [0.29, 0.717) is 12.0 Å². The minimum absolute atomic E-state index is 0.0206. The SMILES string of the molecule is [B]c1ccc(CO)c(CN)c1. The maximum atomic E-state index is 8.84. The molecule has 0 saturated carbocycles. The molecule has 2 radical (unpaired) electrons. The Hall–Kier alpha value is -0.795. The van der Waals surface area contributed by atoms with Gasteiger partial charge < -0.3 is 10.8 Å². The van der Waals surface area contributed by atoms with Crippen molar-refractivity contribution in [2.24, 2.45) is 5.73 Å². The Kier molecular flexibility index (Phi) is 2.68. The molecule has 2 nitrogen and oxygen atoms in total. The van der Waals surface area contributed by atoms with Crippen molar-refractivity contribution in [3.05, 3.63) is 29.3 Å². The lowest BCUT2D eigenvalue weighted by Crippen LogP contribution is -2.09. The summed E-state index contributed by atoms with van der Waals surface area (Å²) in [5.41, 5.74) is 7.87. The summed E-state index contributed by atoms with van der Waals surface area (Å²) >= 11 is 0. The second kappa shape index (κ2) is 3.55. The van der Waals surface area contributed by atoms with Gasteiger partial charge in [-0.15, -0.1) is 0 Å². The van der Waals surface area contributed by atoms with Gasteiger partial charge >= 0.3 is 0 Å². The van der Waals surface area contributed by atoms with Crippen molar-refractivity contribution >= 4 is 13.3 Å². The summed E-state index contributed by atoms with van der Waals surface area (Å²) in [7, 11) is 5.52. The first-order valence-corrected chi connectivity index (χ1v) is 3.46. The van der Waals surface area contributed by atoms with Crippen molar-refractivity contribution in [1.29, 1.82) is 0 Å². The van der Waals surface area contributed by atoms with Crippen LogP contribution in [0, 0.1) is 0 Å². The molecule has 0 atom stereocenters.